The van der Waals surface area contributed by atoms with E-state index in [9.17, 15) is 9.59 Å². The predicted molar refractivity (Wildman–Crippen MR) is 97.4 cm³/mol. The summed E-state index contributed by atoms with van der Waals surface area (Å²) in [6, 6.07) is 7.77. The van der Waals surface area contributed by atoms with Gasteiger partial charge in [0.05, 0.1) is 13.2 Å². The Morgan fingerprint density at radius 2 is 2.00 bits per heavy atom. The van der Waals surface area contributed by atoms with Crippen LogP contribution in [0.25, 0.3) is 0 Å². The maximum atomic E-state index is 12.2. The summed E-state index contributed by atoms with van der Waals surface area (Å²) in [6.45, 7) is 8.42. The van der Waals surface area contributed by atoms with Gasteiger partial charge in [-0.05, 0) is 31.0 Å². The standard InChI is InChI=1S/C19H29N3O3/c1-3-19(24)22-10-6-9-21(11-12-22)15-18(23)20-14-16-7-5-8-17(13-16)25-4-2/h5,7-8,13H,3-4,6,9-12,14-15H2,1-2H3,(H,20,23). The van der Waals surface area contributed by atoms with E-state index in [0.29, 0.717) is 32.7 Å². The maximum absolute atomic E-state index is 12.2. The van der Waals surface area contributed by atoms with E-state index in [2.05, 4.69) is 10.2 Å². The summed E-state index contributed by atoms with van der Waals surface area (Å²) in [4.78, 5) is 28.0. The van der Waals surface area contributed by atoms with Crippen molar-refractivity contribution in [3.63, 3.8) is 0 Å². The lowest BCUT2D eigenvalue weighted by Crippen LogP contribution is -2.39. The average molecular weight is 347 g/mol. The monoisotopic (exact) mass is 347 g/mol. The number of carbonyl (C=O) groups is 2. The van der Waals surface area contributed by atoms with Crippen molar-refractivity contribution in [1.29, 1.82) is 0 Å². The number of ether oxygens (including phenoxy) is 1. The number of carbonyl (C=O) groups excluding carboxylic acids is 2. The SMILES string of the molecule is CCOc1cccc(CNC(=O)CN2CCCN(C(=O)CC)CC2)c1. The second kappa shape index (κ2) is 10.0. The number of hydrogen-bond donors (Lipinski definition) is 1. The van der Waals surface area contributed by atoms with Gasteiger partial charge in [-0.1, -0.05) is 19.1 Å². The molecule has 0 aliphatic carbocycles. The van der Waals surface area contributed by atoms with Crippen molar-refractivity contribution < 1.29 is 14.3 Å². The number of benzene rings is 1. The molecule has 138 valence electrons. The first-order valence-electron chi connectivity index (χ1n) is 9.11. The molecule has 1 fully saturated rings. The highest BCUT2D eigenvalue weighted by molar-refractivity contribution is 5.78. The molecule has 0 radical (unpaired) electrons. The Morgan fingerprint density at radius 3 is 2.76 bits per heavy atom. The predicted octanol–water partition coefficient (Wildman–Crippen LogP) is 1.65. The Labute approximate surface area is 150 Å². The quantitative estimate of drug-likeness (QED) is 0.815. The molecular weight excluding hydrogens is 318 g/mol. The van der Waals surface area contributed by atoms with Gasteiger partial charge >= 0.3 is 0 Å². The lowest BCUT2D eigenvalue weighted by molar-refractivity contribution is -0.130. The molecule has 1 aliphatic rings. The van der Waals surface area contributed by atoms with E-state index in [4.69, 9.17) is 4.74 Å². The van der Waals surface area contributed by atoms with Crippen molar-refractivity contribution in [3.8, 4) is 5.75 Å². The van der Waals surface area contributed by atoms with Gasteiger partial charge in [-0.25, -0.2) is 0 Å². The lowest BCUT2D eigenvalue weighted by atomic mass is 10.2. The third-order valence-corrected chi connectivity index (χ3v) is 4.31. The van der Waals surface area contributed by atoms with Gasteiger partial charge in [0.1, 0.15) is 5.75 Å². The summed E-state index contributed by atoms with van der Waals surface area (Å²) in [6.07, 6.45) is 1.46. The van der Waals surface area contributed by atoms with Gasteiger partial charge in [-0.2, -0.15) is 0 Å². The first-order valence-corrected chi connectivity index (χ1v) is 9.11. The average Bonchev–Trinajstić information content (AvgIpc) is 2.85. The smallest absolute Gasteiger partial charge is 0.234 e. The second-order valence-electron chi connectivity index (χ2n) is 6.22. The molecule has 0 saturated carbocycles. The van der Waals surface area contributed by atoms with Crippen molar-refractivity contribution >= 4 is 11.8 Å². The fourth-order valence-electron chi connectivity index (χ4n) is 2.97. The van der Waals surface area contributed by atoms with Crippen molar-refractivity contribution in [2.24, 2.45) is 0 Å². The summed E-state index contributed by atoms with van der Waals surface area (Å²) in [5, 5.41) is 2.96. The number of nitrogens with zero attached hydrogens (tertiary/aromatic N) is 2. The van der Waals surface area contributed by atoms with E-state index < -0.39 is 0 Å². The zero-order chi connectivity index (χ0) is 18.1. The van der Waals surface area contributed by atoms with Crippen molar-refractivity contribution in [2.75, 3.05) is 39.3 Å². The molecule has 2 amide bonds. The molecule has 0 atom stereocenters. The van der Waals surface area contributed by atoms with Crippen molar-refractivity contribution in [1.82, 2.24) is 15.1 Å². The van der Waals surface area contributed by atoms with Gasteiger partial charge in [0.2, 0.25) is 11.8 Å². The molecule has 2 rings (SSSR count). The van der Waals surface area contributed by atoms with Crippen LogP contribution in [0.4, 0.5) is 0 Å². The molecule has 0 spiro atoms. The van der Waals surface area contributed by atoms with Crippen LogP contribution in [-0.2, 0) is 16.1 Å². The minimum atomic E-state index is 0.0112. The van der Waals surface area contributed by atoms with E-state index in [1.54, 1.807) is 0 Å². The van der Waals surface area contributed by atoms with Crippen LogP contribution in [0.5, 0.6) is 5.75 Å². The van der Waals surface area contributed by atoms with Crippen LogP contribution in [0.2, 0.25) is 0 Å². The third-order valence-electron chi connectivity index (χ3n) is 4.31. The molecular formula is C19H29N3O3. The highest BCUT2D eigenvalue weighted by atomic mass is 16.5. The van der Waals surface area contributed by atoms with Crippen LogP contribution in [-0.4, -0.2) is 60.9 Å². The van der Waals surface area contributed by atoms with Crippen LogP contribution < -0.4 is 10.1 Å². The van der Waals surface area contributed by atoms with E-state index in [-0.39, 0.29) is 11.8 Å². The number of rotatable bonds is 7. The van der Waals surface area contributed by atoms with E-state index in [1.807, 2.05) is 43.0 Å². The van der Waals surface area contributed by atoms with E-state index in [0.717, 1.165) is 37.4 Å². The molecule has 1 saturated heterocycles. The van der Waals surface area contributed by atoms with Gasteiger partial charge in [0.25, 0.3) is 0 Å². The number of hydrogen-bond acceptors (Lipinski definition) is 4. The first-order chi connectivity index (χ1) is 12.1. The molecule has 25 heavy (non-hydrogen) atoms. The Bertz CT molecular complexity index is 577. The molecule has 0 unspecified atom stereocenters. The number of nitrogens with one attached hydrogen (secondary N) is 1. The largest absolute Gasteiger partial charge is 0.494 e. The van der Waals surface area contributed by atoms with Crippen LogP contribution in [0.15, 0.2) is 24.3 Å². The van der Waals surface area contributed by atoms with Gasteiger partial charge in [-0.3, -0.25) is 14.5 Å². The van der Waals surface area contributed by atoms with Gasteiger partial charge < -0.3 is 15.0 Å². The van der Waals surface area contributed by atoms with E-state index >= 15 is 0 Å². The minimum Gasteiger partial charge on any atom is -0.494 e. The van der Waals surface area contributed by atoms with Crippen LogP contribution in [0, 0.1) is 0 Å². The van der Waals surface area contributed by atoms with Crippen LogP contribution >= 0.6 is 0 Å². The molecule has 1 N–H and O–H groups in total. The Balaban J connectivity index is 1.76. The van der Waals surface area contributed by atoms with Gasteiger partial charge in [0.15, 0.2) is 0 Å². The Hall–Kier alpha value is -2.08. The highest BCUT2D eigenvalue weighted by Crippen LogP contribution is 2.13. The fraction of sp³-hybridized carbons (Fsp3) is 0.579. The summed E-state index contributed by atoms with van der Waals surface area (Å²) in [5.74, 6) is 1.03. The van der Waals surface area contributed by atoms with Gasteiger partial charge in [-0.15, -0.1) is 0 Å². The molecule has 0 aromatic heterocycles. The third kappa shape index (κ3) is 6.38. The van der Waals surface area contributed by atoms with Crippen molar-refractivity contribution in [3.05, 3.63) is 29.8 Å². The summed E-state index contributed by atoms with van der Waals surface area (Å²) >= 11 is 0. The maximum Gasteiger partial charge on any atom is 0.234 e. The molecule has 1 aliphatic heterocycles. The highest BCUT2D eigenvalue weighted by Gasteiger charge is 2.19. The minimum absolute atomic E-state index is 0.0112. The topological polar surface area (TPSA) is 61.9 Å². The molecule has 1 aromatic rings. The summed E-state index contributed by atoms with van der Waals surface area (Å²) in [7, 11) is 0. The van der Waals surface area contributed by atoms with Crippen LogP contribution in [0.3, 0.4) is 0 Å². The summed E-state index contributed by atoms with van der Waals surface area (Å²) in [5.41, 5.74) is 1.02. The first kappa shape index (κ1) is 19.2. The zero-order valence-electron chi connectivity index (χ0n) is 15.3. The van der Waals surface area contributed by atoms with E-state index in [1.165, 1.54) is 0 Å². The van der Waals surface area contributed by atoms with Gasteiger partial charge in [0, 0.05) is 39.1 Å². The molecule has 1 heterocycles. The fourth-order valence-corrected chi connectivity index (χ4v) is 2.97. The summed E-state index contributed by atoms with van der Waals surface area (Å²) < 4.78 is 5.47. The molecule has 1 aromatic carbocycles. The molecule has 0 bridgehead atoms. The Morgan fingerprint density at radius 1 is 1.16 bits per heavy atom. The van der Waals surface area contributed by atoms with Crippen molar-refractivity contribution in [2.45, 2.75) is 33.2 Å². The number of amides is 2. The second-order valence-corrected chi connectivity index (χ2v) is 6.22. The molecule has 6 heteroatoms. The molecule has 6 nitrogen and oxygen atoms in total. The van der Waals surface area contributed by atoms with Crippen LogP contribution in [0.1, 0.15) is 32.3 Å². The normalized spacial score (nSPS) is 15.5. The zero-order valence-corrected chi connectivity index (χ0v) is 15.3. The Kier molecular flexibility index (Phi) is 7.73. The lowest BCUT2D eigenvalue weighted by Gasteiger charge is -2.21.